The maximum atomic E-state index is 12.4. The lowest BCUT2D eigenvalue weighted by Crippen LogP contribution is -2.61. The highest BCUT2D eigenvalue weighted by atomic mass is 15.2. The van der Waals surface area contributed by atoms with Crippen LogP contribution in [0.3, 0.4) is 0 Å². The largest absolute Gasteiger partial charge is 0.310 e. The molecule has 0 unspecified atom stereocenters. The Labute approximate surface area is 693 Å². The standard InChI is InChI=1S/C109H84BN7/c1-107(2,3)73-47-55-98-88(58-73)89-59-74(108(4,5)6)48-56-99(89)114(98)77-50-52-90-101(63-77)116(100-62-76(49-45-72(100)67-111)112-92-40-24-19-35-80(92)81-36-20-25-41-93(81)112)103-65-79(115-96-44-28-23-39-84(96)87-57-71(46-54-97(87)115)68-29-13-10-14-30-68)66-104-105(103)110(90)91-53-51-78(113-94-42-26-21-37-82(94)83-38-22-27-43-95(83)113)64-102(91)117(104)106-85(69-31-15-11-16-32-69)60-75(109(7,8)9)61-86(106)70-33-17-12-18-34-70/h10-66H,1-9H3/i21D,22D,26D,27D,37D,38D,42D,43D. The quantitative estimate of drug-likeness (QED) is 0.135. The molecule has 0 saturated heterocycles. The number of anilines is 6. The predicted octanol–water partition coefficient (Wildman–Crippen LogP) is 26.9. The summed E-state index contributed by atoms with van der Waals surface area (Å²) in [5.41, 5.74) is 25.3. The third kappa shape index (κ3) is 10.8. The van der Waals surface area contributed by atoms with E-state index in [1.807, 2.05) is 30.3 Å². The smallest absolute Gasteiger partial charge is 0.252 e. The molecule has 2 aliphatic heterocycles. The first-order valence-corrected chi connectivity index (χ1v) is 40.3. The van der Waals surface area contributed by atoms with E-state index in [-0.39, 0.29) is 32.6 Å². The second-order valence-corrected chi connectivity index (χ2v) is 34.6. The normalized spacial score (nSPS) is 13.9. The minimum Gasteiger partial charge on any atom is -0.310 e. The van der Waals surface area contributed by atoms with E-state index < -0.39 is 60.5 Å². The van der Waals surface area contributed by atoms with Crippen LogP contribution in [-0.2, 0) is 16.2 Å². The van der Waals surface area contributed by atoms with Crippen molar-refractivity contribution in [3.63, 3.8) is 0 Å². The van der Waals surface area contributed by atoms with Crippen LogP contribution in [-0.4, -0.2) is 25.0 Å². The molecule has 0 saturated carbocycles. The van der Waals surface area contributed by atoms with E-state index in [1.165, 1.54) is 11.1 Å². The number of benzene rings is 16. The molecule has 0 aliphatic carbocycles. The van der Waals surface area contributed by atoms with Gasteiger partial charge in [-0.3, -0.25) is 0 Å². The van der Waals surface area contributed by atoms with Gasteiger partial charge in [0.15, 0.2) is 0 Å². The van der Waals surface area contributed by atoms with Gasteiger partial charge in [0.2, 0.25) is 0 Å². The van der Waals surface area contributed by atoms with Crippen molar-refractivity contribution in [2.75, 3.05) is 9.80 Å². The van der Waals surface area contributed by atoms with E-state index in [0.717, 1.165) is 161 Å². The molecule has 16 aromatic carbocycles. The highest BCUT2D eigenvalue weighted by Gasteiger charge is 2.46. The van der Waals surface area contributed by atoms with E-state index in [9.17, 15) is 16.2 Å². The summed E-state index contributed by atoms with van der Waals surface area (Å²) in [6.45, 7) is 19.7. The minimum absolute atomic E-state index is 0.00786. The molecule has 558 valence electrons. The molecular weight excluding hydrogens is 1420 g/mol. The van der Waals surface area contributed by atoms with Crippen LogP contribution in [0.5, 0.6) is 0 Å². The molecule has 6 heterocycles. The zero-order valence-corrected chi connectivity index (χ0v) is 66.5. The summed E-state index contributed by atoms with van der Waals surface area (Å²) >= 11 is 0. The Morgan fingerprint density at radius 3 is 1.15 bits per heavy atom. The third-order valence-corrected chi connectivity index (χ3v) is 24.7. The van der Waals surface area contributed by atoms with Crippen molar-refractivity contribution >= 4 is 144 Å². The summed E-state index contributed by atoms with van der Waals surface area (Å²) in [5, 5.41) is 18.9. The maximum absolute atomic E-state index is 12.4. The van der Waals surface area contributed by atoms with Crippen LogP contribution in [0.15, 0.2) is 346 Å². The molecule has 8 heteroatoms. The monoisotopic (exact) mass is 1510 g/mol. The molecule has 0 fully saturated rings. The number of hydrogen-bond acceptors (Lipinski definition) is 3. The van der Waals surface area contributed by atoms with E-state index in [1.54, 1.807) is 4.57 Å². The van der Waals surface area contributed by atoms with Gasteiger partial charge < -0.3 is 28.1 Å². The molecule has 0 N–H and O–H groups in total. The first-order chi connectivity index (χ1) is 60.2. The van der Waals surface area contributed by atoms with Crippen LogP contribution in [0, 0.1) is 11.3 Å². The van der Waals surface area contributed by atoms with Crippen molar-refractivity contribution in [1.29, 1.82) is 5.26 Å². The van der Waals surface area contributed by atoms with Crippen LogP contribution < -0.4 is 26.2 Å². The van der Waals surface area contributed by atoms with E-state index in [0.29, 0.717) is 22.6 Å². The van der Waals surface area contributed by atoms with Gasteiger partial charge in [-0.1, -0.05) is 274 Å². The summed E-state index contributed by atoms with van der Waals surface area (Å²) in [6.07, 6.45) is 0. The molecule has 117 heavy (non-hydrogen) atoms. The van der Waals surface area contributed by atoms with E-state index in [4.69, 9.17) is 0 Å². The van der Waals surface area contributed by atoms with Gasteiger partial charge in [-0.25, -0.2) is 0 Å². The van der Waals surface area contributed by atoms with E-state index in [2.05, 4.69) is 359 Å². The fourth-order valence-electron chi connectivity index (χ4n) is 19.0. The molecule has 20 aromatic rings. The highest BCUT2D eigenvalue weighted by molar-refractivity contribution is 7.00. The number of nitriles is 1. The van der Waals surface area contributed by atoms with Gasteiger partial charge >= 0.3 is 0 Å². The van der Waals surface area contributed by atoms with Crippen LogP contribution >= 0.6 is 0 Å². The molecule has 0 spiro atoms. The van der Waals surface area contributed by atoms with Crippen molar-refractivity contribution in [1.82, 2.24) is 18.3 Å². The second-order valence-electron chi connectivity index (χ2n) is 34.6. The summed E-state index contributed by atoms with van der Waals surface area (Å²) in [6, 6.07) is 106. The second kappa shape index (κ2) is 25.9. The maximum Gasteiger partial charge on any atom is 0.252 e. The lowest BCUT2D eigenvalue weighted by atomic mass is 9.33. The first kappa shape index (κ1) is 61.4. The number of para-hydroxylation sites is 5. The first-order valence-electron chi connectivity index (χ1n) is 44.3. The molecule has 0 amide bonds. The van der Waals surface area contributed by atoms with Crippen LogP contribution in [0.25, 0.3) is 143 Å². The molecule has 0 atom stereocenters. The van der Waals surface area contributed by atoms with Gasteiger partial charge in [0.25, 0.3) is 6.71 Å². The number of nitrogens with zero attached hydrogens (tertiary/aromatic N) is 7. The Bertz CT molecular complexity index is 7850. The van der Waals surface area contributed by atoms with Gasteiger partial charge in [-0.15, -0.1) is 0 Å². The van der Waals surface area contributed by atoms with Crippen molar-refractivity contribution in [2.24, 2.45) is 0 Å². The lowest BCUT2D eigenvalue weighted by Gasteiger charge is -2.45. The van der Waals surface area contributed by atoms with Gasteiger partial charge in [-0.2, -0.15) is 5.26 Å². The average Bonchev–Trinajstić information content (AvgIpc) is 1.56. The summed E-state index contributed by atoms with van der Waals surface area (Å²) in [7, 11) is 0. The van der Waals surface area contributed by atoms with Gasteiger partial charge in [0.1, 0.15) is 6.07 Å². The number of fused-ring (bicyclic) bond motifs is 16. The molecule has 0 bridgehead atoms. The fraction of sp³-hybridized carbons (Fsp3) is 0.110. The Hall–Kier alpha value is -14.1. The topological polar surface area (TPSA) is 50.0 Å². The van der Waals surface area contributed by atoms with Crippen molar-refractivity contribution in [3.05, 3.63) is 368 Å². The van der Waals surface area contributed by atoms with Crippen LogP contribution in [0.2, 0.25) is 0 Å². The summed E-state index contributed by atoms with van der Waals surface area (Å²) in [4.78, 5) is 4.80. The Balaban J connectivity index is 0.945. The molecule has 22 rings (SSSR count). The minimum atomic E-state index is -0.643. The lowest BCUT2D eigenvalue weighted by molar-refractivity contribution is 0.590. The molecule has 4 aromatic heterocycles. The summed E-state index contributed by atoms with van der Waals surface area (Å²) in [5.74, 6) is 0. The predicted molar refractivity (Wildman–Crippen MR) is 495 cm³/mol. The van der Waals surface area contributed by atoms with Gasteiger partial charge in [0.05, 0.1) is 77.7 Å². The fourth-order valence-corrected chi connectivity index (χ4v) is 19.0. The van der Waals surface area contributed by atoms with E-state index >= 15 is 0 Å². The SMILES string of the molecule is [2H]c1c([2H])c([2H])c2c(c1[2H])c1c([2H])c([2H])c([2H])c([2H])c1n2-c1ccc2c(c1)N(c1c(-c3ccccc3)cc(C(C)(C)C)cc1-c1ccccc1)c1cc(-n3c4ccccc4c4cc(-c5ccccc5)ccc43)cc3c1B2c1ccc(-n2c4ccc(C(C)(C)C)cc4c4cc(C(C)(C)C)ccc42)cc1N3c1cc(-n2c3ccccc3c3ccccc32)ccc1C#N. The number of hydrogen-bond donors (Lipinski definition) is 0. The van der Waals surface area contributed by atoms with Crippen LogP contribution in [0.1, 0.15) is 95.5 Å². The van der Waals surface area contributed by atoms with Gasteiger partial charge in [-0.05, 0) is 205 Å². The van der Waals surface area contributed by atoms with Gasteiger partial charge in [0, 0.05) is 94.0 Å². The van der Waals surface area contributed by atoms with Crippen molar-refractivity contribution in [3.8, 4) is 62.2 Å². The molecular formula is C109H84BN7. The average molecular weight is 1510 g/mol. The number of rotatable bonds is 9. The summed E-state index contributed by atoms with van der Waals surface area (Å²) < 4.78 is 85.5. The van der Waals surface area contributed by atoms with Crippen molar-refractivity contribution < 1.29 is 11.0 Å². The molecule has 7 nitrogen and oxygen atoms in total. The Morgan fingerprint density at radius 1 is 0.282 bits per heavy atom. The molecule has 2 aliphatic rings. The number of aromatic nitrogens is 4. The highest BCUT2D eigenvalue weighted by Crippen LogP contribution is 2.54. The Kier molecular flexibility index (Phi) is 13.6. The zero-order chi connectivity index (χ0) is 86.0. The van der Waals surface area contributed by atoms with Crippen molar-refractivity contribution in [2.45, 2.75) is 78.6 Å². The zero-order valence-electron chi connectivity index (χ0n) is 74.5. The molecule has 0 radical (unpaired) electrons. The third-order valence-electron chi connectivity index (χ3n) is 24.7. The Morgan fingerprint density at radius 2 is 0.658 bits per heavy atom. The van der Waals surface area contributed by atoms with Crippen LogP contribution in [0.4, 0.5) is 34.1 Å².